The van der Waals surface area contributed by atoms with Crippen LogP contribution in [0.2, 0.25) is 0 Å². The lowest BCUT2D eigenvalue weighted by molar-refractivity contribution is 0.203. The number of rotatable bonds is 5. The molecule has 0 aliphatic heterocycles. The maximum atomic E-state index is 9.72. The molecule has 0 radical (unpaired) electrons. The number of phenols is 2. The van der Waals surface area contributed by atoms with Crippen LogP contribution in [0.25, 0.3) is 11.1 Å². The molecule has 0 saturated heterocycles. The van der Waals surface area contributed by atoms with Gasteiger partial charge in [-0.15, -0.1) is 0 Å². The molecule has 0 fully saturated rings. The molecule has 136 valence electrons. The van der Waals surface area contributed by atoms with Crippen LogP contribution in [0.15, 0.2) is 42.5 Å². The molecular formula is C23H32O2. The third-order valence-electron chi connectivity index (χ3n) is 5.29. The van der Waals surface area contributed by atoms with E-state index in [1.807, 2.05) is 6.07 Å². The Balaban J connectivity index is 2.36. The van der Waals surface area contributed by atoms with Crippen molar-refractivity contribution in [3.8, 4) is 22.6 Å². The minimum atomic E-state index is -0.0877. The van der Waals surface area contributed by atoms with Gasteiger partial charge in [-0.2, -0.15) is 0 Å². The predicted octanol–water partition coefficient (Wildman–Crippen LogP) is 6.72. The summed E-state index contributed by atoms with van der Waals surface area (Å²) in [4.78, 5) is 0. The Morgan fingerprint density at radius 2 is 1.36 bits per heavy atom. The molecule has 0 heterocycles. The van der Waals surface area contributed by atoms with E-state index in [0.717, 1.165) is 24.0 Å². The van der Waals surface area contributed by atoms with Crippen LogP contribution in [0.1, 0.15) is 65.9 Å². The molecule has 1 unspecified atom stereocenters. The first kappa shape index (κ1) is 19.4. The van der Waals surface area contributed by atoms with Crippen molar-refractivity contribution in [2.75, 3.05) is 0 Å². The van der Waals surface area contributed by atoms with Gasteiger partial charge < -0.3 is 10.2 Å². The summed E-state index contributed by atoms with van der Waals surface area (Å²) in [6.07, 6.45) is 2.29. The van der Waals surface area contributed by atoms with Gasteiger partial charge in [0.15, 0.2) is 11.5 Å². The van der Waals surface area contributed by atoms with Gasteiger partial charge in [0.2, 0.25) is 0 Å². The van der Waals surface area contributed by atoms with Crippen LogP contribution in [-0.2, 0) is 0 Å². The molecule has 2 rings (SSSR count). The highest BCUT2D eigenvalue weighted by Gasteiger charge is 2.32. The van der Waals surface area contributed by atoms with Gasteiger partial charge in [-0.1, -0.05) is 78.3 Å². The molecule has 25 heavy (non-hydrogen) atoms. The van der Waals surface area contributed by atoms with Crippen molar-refractivity contribution in [1.29, 1.82) is 0 Å². The molecule has 2 aromatic rings. The van der Waals surface area contributed by atoms with Gasteiger partial charge >= 0.3 is 0 Å². The van der Waals surface area contributed by atoms with Gasteiger partial charge in [0.25, 0.3) is 0 Å². The third-order valence-corrected chi connectivity index (χ3v) is 5.29. The van der Waals surface area contributed by atoms with Crippen molar-refractivity contribution in [1.82, 2.24) is 0 Å². The molecular weight excluding hydrogens is 308 g/mol. The van der Waals surface area contributed by atoms with Gasteiger partial charge in [0.05, 0.1) is 0 Å². The molecule has 1 atom stereocenters. The van der Waals surface area contributed by atoms with E-state index in [0.29, 0.717) is 5.92 Å². The highest BCUT2D eigenvalue weighted by atomic mass is 16.3. The van der Waals surface area contributed by atoms with Crippen molar-refractivity contribution in [2.45, 2.75) is 60.3 Å². The maximum absolute atomic E-state index is 9.72. The predicted molar refractivity (Wildman–Crippen MR) is 106 cm³/mol. The second-order valence-electron chi connectivity index (χ2n) is 8.99. The van der Waals surface area contributed by atoms with E-state index in [9.17, 15) is 10.2 Å². The Kier molecular flexibility index (Phi) is 5.51. The average molecular weight is 341 g/mol. The fraction of sp³-hybridized carbons (Fsp3) is 0.478. The van der Waals surface area contributed by atoms with Gasteiger partial charge in [-0.05, 0) is 52.0 Å². The molecule has 0 amide bonds. The number of hydrogen-bond acceptors (Lipinski definition) is 2. The normalized spacial score (nSPS) is 13.7. The Morgan fingerprint density at radius 1 is 0.800 bits per heavy atom. The van der Waals surface area contributed by atoms with Crippen LogP contribution < -0.4 is 0 Å². The zero-order valence-corrected chi connectivity index (χ0v) is 16.4. The first-order valence-corrected chi connectivity index (χ1v) is 9.16. The van der Waals surface area contributed by atoms with Crippen molar-refractivity contribution < 1.29 is 10.2 Å². The van der Waals surface area contributed by atoms with Crippen LogP contribution in [0.3, 0.4) is 0 Å². The number of aromatic hydroxyl groups is 2. The summed E-state index contributed by atoms with van der Waals surface area (Å²) in [6, 6.07) is 13.6. The van der Waals surface area contributed by atoms with E-state index in [1.165, 1.54) is 11.6 Å². The first-order chi connectivity index (χ1) is 11.5. The quantitative estimate of drug-likeness (QED) is 0.593. The lowest BCUT2D eigenvalue weighted by Gasteiger charge is -2.38. The summed E-state index contributed by atoms with van der Waals surface area (Å²) >= 11 is 0. The number of phenolic OH excluding ortho intramolecular Hbond substituents is 2. The van der Waals surface area contributed by atoms with Crippen molar-refractivity contribution >= 4 is 0 Å². The second kappa shape index (κ2) is 7.11. The molecule has 0 aliphatic carbocycles. The average Bonchev–Trinajstić information content (AvgIpc) is 2.54. The standard InChI is InChI=1S/C23H32O2/c1-7-23(5,6)19(15-22(2,3)4)17-10-8-16(9-11-17)18-12-13-20(24)21(25)14-18/h8-14,19,24-25H,7,15H2,1-6H3. The Bertz CT molecular complexity index is 706. The minimum absolute atomic E-state index is 0.0840. The van der Waals surface area contributed by atoms with Crippen LogP contribution in [0.4, 0.5) is 0 Å². The van der Waals surface area contributed by atoms with Crippen molar-refractivity contribution in [2.24, 2.45) is 10.8 Å². The Morgan fingerprint density at radius 3 is 1.84 bits per heavy atom. The van der Waals surface area contributed by atoms with E-state index in [-0.39, 0.29) is 22.3 Å². The SMILES string of the molecule is CCC(C)(C)C(CC(C)(C)C)c1ccc(-c2ccc(O)c(O)c2)cc1. The van der Waals surface area contributed by atoms with Gasteiger partial charge in [-0.3, -0.25) is 0 Å². The highest BCUT2D eigenvalue weighted by Crippen LogP contribution is 2.45. The minimum Gasteiger partial charge on any atom is -0.504 e. The lowest BCUT2D eigenvalue weighted by Crippen LogP contribution is -2.25. The first-order valence-electron chi connectivity index (χ1n) is 9.16. The summed E-state index contributed by atoms with van der Waals surface area (Å²) in [5.41, 5.74) is 3.84. The molecule has 0 spiro atoms. The van der Waals surface area contributed by atoms with E-state index in [4.69, 9.17) is 0 Å². The van der Waals surface area contributed by atoms with E-state index in [2.05, 4.69) is 65.8 Å². The van der Waals surface area contributed by atoms with Crippen LogP contribution in [0, 0.1) is 10.8 Å². The van der Waals surface area contributed by atoms with Crippen molar-refractivity contribution in [3.05, 3.63) is 48.0 Å². The topological polar surface area (TPSA) is 40.5 Å². The largest absolute Gasteiger partial charge is 0.504 e. The van der Waals surface area contributed by atoms with E-state index < -0.39 is 0 Å². The van der Waals surface area contributed by atoms with Gasteiger partial charge in [-0.25, -0.2) is 0 Å². The molecule has 2 nitrogen and oxygen atoms in total. The fourth-order valence-corrected chi connectivity index (χ4v) is 3.31. The summed E-state index contributed by atoms with van der Waals surface area (Å²) in [5.74, 6) is 0.328. The Hall–Kier alpha value is -1.96. The molecule has 2 heteroatoms. The van der Waals surface area contributed by atoms with Gasteiger partial charge in [0, 0.05) is 0 Å². The second-order valence-corrected chi connectivity index (χ2v) is 8.99. The monoisotopic (exact) mass is 340 g/mol. The fourth-order valence-electron chi connectivity index (χ4n) is 3.31. The van der Waals surface area contributed by atoms with Crippen LogP contribution in [-0.4, -0.2) is 10.2 Å². The molecule has 2 aromatic carbocycles. The highest BCUT2D eigenvalue weighted by molar-refractivity contribution is 5.67. The number of benzene rings is 2. The smallest absolute Gasteiger partial charge is 0.158 e. The number of hydrogen-bond donors (Lipinski definition) is 2. The third kappa shape index (κ3) is 4.78. The van der Waals surface area contributed by atoms with Crippen LogP contribution in [0.5, 0.6) is 11.5 Å². The molecule has 0 bridgehead atoms. The van der Waals surface area contributed by atoms with Gasteiger partial charge in [0.1, 0.15) is 0 Å². The molecule has 0 saturated carbocycles. The summed E-state index contributed by atoms with van der Waals surface area (Å²) in [5, 5.41) is 19.2. The molecule has 0 aliphatic rings. The maximum Gasteiger partial charge on any atom is 0.158 e. The van der Waals surface area contributed by atoms with E-state index in [1.54, 1.807) is 6.07 Å². The molecule has 2 N–H and O–H groups in total. The molecule has 0 aromatic heterocycles. The summed E-state index contributed by atoms with van der Waals surface area (Å²) in [6.45, 7) is 13.9. The summed E-state index contributed by atoms with van der Waals surface area (Å²) < 4.78 is 0. The van der Waals surface area contributed by atoms with Crippen molar-refractivity contribution in [3.63, 3.8) is 0 Å². The van der Waals surface area contributed by atoms with E-state index >= 15 is 0 Å². The van der Waals surface area contributed by atoms with Crippen LogP contribution >= 0.6 is 0 Å². The zero-order chi connectivity index (χ0) is 18.8. The lowest BCUT2D eigenvalue weighted by atomic mass is 9.67. The zero-order valence-electron chi connectivity index (χ0n) is 16.4. The Labute approximate surface area is 152 Å². The summed E-state index contributed by atoms with van der Waals surface area (Å²) in [7, 11) is 0.